The number of hydrogen-bond donors (Lipinski definition) is 0. The minimum atomic E-state index is -0.753. The molecule has 24 heavy (non-hydrogen) atoms. The van der Waals surface area contributed by atoms with Gasteiger partial charge in [0.05, 0.1) is 27.3 Å². The van der Waals surface area contributed by atoms with Crippen molar-refractivity contribution in [2.45, 2.75) is 0 Å². The molecule has 0 aliphatic rings. The van der Waals surface area contributed by atoms with Crippen LogP contribution in [0.25, 0.3) is 0 Å². The summed E-state index contributed by atoms with van der Waals surface area (Å²) in [5.41, 5.74) is 0. The summed E-state index contributed by atoms with van der Waals surface area (Å²) in [4.78, 5) is 47.3. The molecular formula is C14H22N2O8. The van der Waals surface area contributed by atoms with Gasteiger partial charge in [-0.3, -0.25) is 0 Å². The largest absolute Gasteiger partial charge is 0.461 e. The third-order valence-electron chi connectivity index (χ3n) is 2.67. The lowest BCUT2D eigenvalue weighted by atomic mass is 10.5. The third kappa shape index (κ3) is 9.28. The van der Waals surface area contributed by atoms with E-state index in [1.54, 1.807) is 0 Å². The quantitative estimate of drug-likeness (QED) is 0.344. The number of carbonyl (C=O) groups is 4. The first-order valence-corrected chi connectivity index (χ1v) is 6.91. The Labute approximate surface area is 139 Å². The molecule has 0 fully saturated rings. The molecule has 0 aliphatic carbocycles. The number of hydrogen-bond acceptors (Lipinski definition) is 8. The van der Waals surface area contributed by atoms with E-state index in [0.717, 1.165) is 12.2 Å². The van der Waals surface area contributed by atoms with Crippen LogP contribution in [0.4, 0.5) is 9.59 Å². The molecule has 0 aliphatic heterocycles. The topological polar surface area (TPSA) is 112 Å². The minimum Gasteiger partial charge on any atom is -0.461 e. The van der Waals surface area contributed by atoms with Crippen molar-refractivity contribution in [1.29, 1.82) is 0 Å². The monoisotopic (exact) mass is 346 g/mol. The van der Waals surface area contributed by atoms with Gasteiger partial charge in [-0.15, -0.1) is 0 Å². The van der Waals surface area contributed by atoms with Gasteiger partial charge in [0.15, 0.2) is 0 Å². The minimum absolute atomic E-state index is 0.0479. The number of ether oxygens (including phenoxy) is 4. The second-order valence-electron chi connectivity index (χ2n) is 4.45. The number of nitrogens with zero attached hydrogens (tertiary/aromatic N) is 2. The first kappa shape index (κ1) is 21.2. The lowest BCUT2D eigenvalue weighted by Gasteiger charge is -2.14. The van der Waals surface area contributed by atoms with Gasteiger partial charge in [0.1, 0.15) is 13.2 Å². The Morgan fingerprint density at radius 3 is 1.38 bits per heavy atom. The molecular weight excluding hydrogens is 324 g/mol. The molecule has 0 spiro atoms. The molecule has 0 rings (SSSR count). The standard InChI is InChI=1S/C14H22N2O8/c1-15(13(19)21-3)7-9-23-11(17)5-6-12(18)24-10-8-16(2)14(20)22-4/h5-6H,7-10H2,1-4H3/b6-5+. The summed E-state index contributed by atoms with van der Waals surface area (Å²) in [5, 5.41) is 0. The Kier molecular flexibility index (Phi) is 10.4. The molecule has 136 valence electrons. The van der Waals surface area contributed by atoms with Crippen LogP contribution >= 0.6 is 0 Å². The molecule has 10 nitrogen and oxygen atoms in total. The van der Waals surface area contributed by atoms with Gasteiger partial charge < -0.3 is 28.7 Å². The molecule has 0 atom stereocenters. The van der Waals surface area contributed by atoms with Crippen molar-refractivity contribution in [1.82, 2.24) is 9.80 Å². The van der Waals surface area contributed by atoms with Crippen LogP contribution in [-0.4, -0.2) is 88.5 Å². The molecule has 0 aromatic carbocycles. The molecule has 0 saturated heterocycles. The summed E-state index contributed by atoms with van der Waals surface area (Å²) >= 11 is 0. The van der Waals surface area contributed by atoms with Crippen molar-refractivity contribution in [2.24, 2.45) is 0 Å². The number of esters is 2. The molecule has 0 bridgehead atoms. The van der Waals surface area contributed by atoms with Crippen LogP contribution in [-0.2, 0) is 28.5 Å². The van der Waals surface area contributed by atoms with Crippen molar-refractivity contribution in [3.63, 3.8) is 0 Å². The van der Waals surface area contributed by atoms with E-state index in [0.29, 0.717) is 0 Å². The van der Waals surface area contributed by atoms with Gasteiger partial charge in [-0.1, -0.05) is 0 Å². The third-order valence-corrected chi connectivity index (χ3v) is 2.67. The summed E-state index contributed by atoms with van der Waals surface area (Å²) in [7, 11) is 5.45. The Bertz CT molecular complexity index is 435. The average molecular weight is 346 g/mol. The van der Waals surface area contributed by atoms with Crippen molar-refractivity contribution < 1.29 is 38.1 Å². The van der Waals surface area contributed by atoms with Crippen LogP contribution in [0.2, 0.25) is 0 Å². The number of likely N-dealkylation sites (N-methyl/N-ethyl adjacent to an activating group) is 2. The lowest BCUT2D eigenvalue weighted by Crippen LogP contribution is -2.30. The number of rotatable bonds is 8. The predicted molar refractivity (Wildman–Crippen MR) is 81.1 cm³/mol. The van der Waals surface area contributed by atoms with Gasteiger partial charge in [-0.05, 0) is 0 Å². The molecule has 2 amide bonds. The zero-order chi connectivity index (χ0) is 18.5. The fourth-order valence-electron chi connectivity index (χ4n) is 1.29. The normalized spacial score (nSPS) is 10.0. The summed E-state index contributed by atoms with van der Waals surface area (Å²) in [6.45, 7) is 0.203. The molecule has 10 heteroatoms. The highest BCUT2D eigenvalue weighted by atomic mass is 16.6. The Morgan fingerprint density at radius 2 is 1.08 bits per heavy atom. The molecule has 0 heterocycles. The van der Waals surface area contributed by atoms with Crippen molar-refractivity contribution in [3.05, 3.63) is 12.2 Å². The van der Waals surface area contributed by atoms with E-state index in [4.69, 9.17) is 9.47 Å². The Morgan fingerprint density at radius 1 is 0.750 bits per heavy atom. The highest BCUT2D eigenvalue weighted by molar-refractivity contribution is 5.91. The molecule has 0 saturated carbocycles. The molecule has 0 aromatic rings. The van der Waals surface area contributed by atoms with E-state index in [9.17, 15) is 19.2 Å². The maximum Gasteiger partial charge on any atom is 0.409 e. The van der Waals surface area contributed by atoms with Gasteiger partial charge in [-0.2, -0.15) is 0 Å². The van der Waals surface area contributed by atoms with Gasteiger partial charge in [0.25, 0.3) is 0 Å². The second-order valence-corrected chi connectivity index (χ2v) is 4.45. The fraction of sp³-hybridized carbons (Fsp3) is 0.571. The van der Waals surface area contributed by atoms with Crippen molar-refractivity contribution >= 4 is 24.1 Å². The first-order chi connectivity index (χ1) is 11.3. The summed E-state index contributed by atoms with van der Waals surface area (Å²) < 4.78 is 18.5. The predicted octanol–water partition coefficient (Wildman–Crippen LogP) is 0.0254. The van der Waals surface area contributed by atoms with Crippen molar-refractivity contribution in [3.8, 4) is 0 Å². The van der Waals surface area contributed by atoms with Crippen LogP contribution in [0.3, 0.4) is 0 Å². The SMILES string of the molecule is COC(=O)N(C)CCOC(=O)/C=C/C(=O)OCCN(C)C(=O)OC. The summed E-state index contributed by atoms with van der Waals surface area (Å²) in [6, 6.07) is 0. The smallest absolute Gasteiger partial charge is 0.409 e. The maximum absolute atomic E-state index is 11.4. The highest BCUT2D eigenvalue weighted by Crippen LogP contribution is 1.92. The molecule has 0 aromatic heterocycles. The number of carbonyl (C=O) groups excluding carboxylic acids is 4. The highest BCUT2D eigenvalue weighted by Gasteiger charge is 2.09. The van der Waals surface area contributed by atoms with Crippen LogP contribution < -0.4 is 0 Å². The summed E-state index contributed by atoms with van der Waals surface area (Å²) in [6.07, 6.45) is 0.707. The second kappa shape index (κ2) is 11.7. The van der Waals surface area contributed by atoms with Gasteiger partial charge in [-0.25, -0.2) is 19.2 Å². The van der Waals surface area contributed by atoms with Gasteiger partial charge >= 0.3 is 24.1 Å². The molecule has 0 unspecified atom stereocenters. The fourth-order valence-corrected chi connectivity index (χ4v) is 1.29. The van der Waals surface area contributed by atoms with Crippen LogP contribution in [0.5, 0.6) is 0 Å². The van der Waals surface area contributed by atoms with Crippen LogP contribution in [0, 0.1) is 0 Å². The van der Waals surface area contributed by atoms with E-state index in [1.165, 1.54) is 38.1 Å². The van der Waals surface area contributed by atoms with E-state index in [2.05, 4.69) is 9.47 Å². The van der Waals surface area contributed by atoms with E-state index in [1.807, 2.05) is 0 Å². The number of amides is 2. The van der Waals surface area contributed by atoms with E-state index < -0.39 is 24.1 Å². The zero-order valence-corrected chi connectivity index (χ0v) is 14.1. The number of methoxy groups -OCH3 is 2. The van der Waals surface area contributed by atoms with Gasteiger partial charge in [0, 0.05) is 26.2 Å². The van der Waals surface area contributed by atoms with E-state index >= 15 is 0 Å². The van der Waals surface area contributed by atoms with Crippen molar-refractivity contribution in [2.75, 3.05) is 54.6 Å². The van der Waals surface area contributed by atoms with Crippen LogP contribution in [0.15, 0.2) is 12.2 Å². The summed E-state index contributed by atoms with van der Waals surface area (Å²) in [5.74, 6) is -1.51. The van der Waals surface area contributed by atoms with E-state index in [-0.39, 0.29) is 26.3 Å². The molecule has 0 N–H and O–H groups in total. The van der Waals surface area contributed by atoms with Gasteiger partial charge in [0.2, 0.25) is 0 Å². The molecule has 0 radical (unpaired) electrons. The first-order valence-electron chi connectivity index (χ1n) is 6.91. The maximum atomic E-state index is 11.4. The Hall–Kier alpha value is -2.78. The lowest BCUT2D eigenvalue weighted by molar-refractivity contribution is -0.140. The zero-order valence-electron chi connectivity index (χ0n) is 14.1. The average Bonchev–Trinajstić information content (AvgIpc) is 2.57. The Balaban J connectivity index is 3.94. The van der Waals surface area contributed by atoms with Crippen LogP contribution in [0.1, 0.15) is 0 Å².